The summed E-state index contributed by atoms with van der Waals surface area (Å²) >= 11 is 1.92. The van der Waals surface area contributed by atoms with Crippen LogP contribution in [0.5, 0.6) is 0 Å². The standard InChI is InChI=1S/C14H24N2S/c1-4-6-7-10-16(3)12-14-9-8-13(17-14)11-15-5-2/h4,8-9,15H,1,5-7,10-12H2,2-3H3. The fraction of sp³-hybridized carbons (Fsp3) is 0.571. The number of unbranched alkanes of at least 4 members (excludes halogenated alkanes) is 1. The molecule has 0 saturated heterocycles. The van der Waals surface area contributed by atoms with E-state index in [2.05, 4.69) is 42.9 Å². The largest absolute Gasteiger partial charge is 0.312 e. The Morgan fingerprint density at radius 3 is 2.88 bits per heavy atom. The van der Waals surface area contributed by atoms with Gasteiger partial charge in [-0.3, -0.25) is 0 Å². The number of nitrogens with zero attached hydrogens (tertiary/aromatic N) is 1. The third kappa shape index (κ3) is 6.01. The Balaban J connectivity index is 2.29. The van der Waals surface area contributed by atoms with Crippen molar-refractivity contribution in [2.75, 3.05) is 20.1 Å². The van der Waals surface area contributed by atoms with E-state index >= 15 is 0 Å². The lowest BCUT2D eigenvalue weighted by Crippen LogP contribution is -2.18. The highest BCUT2D eigenvalue weighted by Gasteiger charge is 2.03. The highest BCUT2D eigenvalue weighted by Crippen LogP contribution is 2.17. The summed E-state index contributed by atoms with van der Waals surface area (Å²) < 4.78 is 0. The third-order valence-corrected chi connectivity index (χ3v) is 3.71. The first-order chi connectivity index (χ1) is 8.26. The summed E-state index contributed by atoms with van der Waals surface area (Å²) in [7, 11) is 2.19. The van der Waals surface area contributed by atoms with Gasteiger partial charge < -0.3 is 10.2 Å². The van der Waals surface area contributed by atoms with Crippen LogP contribution in [-0.2, 0) is 13.1 Å². The number of hydrogen-bond acceptors (Lipinski definition) is 3. The molecule has 0 fully saturated rings. The number of nitrogens with one attached hydrogen (secondary N) is 1. The smallest absolute Gasteiger partial charge is 0.0324 e. The average molecular weight is 252 g/mol. The normalized spacial score (nSPS) is 11.0. The molecule has 0 bridgehead atoms. The maximum atomic E-state index is 3.75. The molecular formula is C14H24N2S. The third-order valence-electron chi connectivity index (χ3n) is 2.64. The van der Waals surface area contributed by atoms with Gasteiger partial charge in [0.1, 0.15) is 0 Å². The van der Waals surface area contributed by atoms with Crippen molar-refractivity contribution < 1.29 is 0 Å². The summed E-state index contributed by atoms with van der Waals surface area (Å²) in [6.07, 6.45) is 4.31. The maximum absolute atomic E-state index is 3.75. The molecule has 0 radical (unpaired) electrons. The highest BCUT2D eigenvalue weighted by atomic mass is 32.1. The van der Waals surface area contributed by atoms with Crippen molar-refractivity contribution in [3.05, 3.63) is 34.5 Å². The van der Waals surface area contributed by atoms with E-state index in [9.17, 15) is 0 Å². The minimum absolute atomic E-state index is 1.00. The molecule has 17 heavy (non-hydrogen) atoms. The first-order valence-electron chi connectivity index (χ1n) is 6.34. The first kappa shape index (κ1) is 14.4. The minimum atomic E-state index is 1.00. The zero-order valence-corrected chi connectivity index (χ0v) is 11.9. The van der Waals surface area contributed by atoms with Crippen LogP contribution in [0.3, 0.4) is 0 Å². The van der Waals surface area contributed by atoms with Crippen molar-refractivity contribution in [3.8, 4) is 0 Å². The van der Waals surface area contributed by atoms with E-state index in [-0.39, 0.29) is 0 Å². The van der Waals surface area contributed by atoms with Crippen LogP contribution in [0, 0.1) is 0 Å². The summed E-state index contributed by atoms with van der Waals surface area (Å²) in [6, 6.07) is 4.49. The van der Waals surface area contributed by atoms with Gasteiger partial charge in [0.2, 0.25) is 0 Å². The van der Waals surface area contributed by atoms with E-state index in [0.717, 1.165) is 32.6 Å². The van der Waals surface area contributed by atoms with Crippen LogP contribution in [0.2, 0.25) is 0 Å². The minimum Gasteiger partial charge on any atom is -0.312 e. The molecule has 0 saturated carbocycles. The number of rotatable bonds is 9. The van der Waals surface area contributed by atoms with Gasteiger partial charge in [-0.15, -0.1) is 17.9 Å². The molecule has 1 N–H and O–H groups in total. The predicted octanol–water partition coefficient (Wildman–Crippen LogP) is 3.26. The SMILES string of the molecule is C=CCCCN(C)Cc1ccc(CNCC)s1. The summed E-state index contributed by atoms with van der Waals surface area (Å²) in [4.78, 5) is 5.27. The molecule has 1 heterocycles. The van der Waals surface area contributed by atoms with E-state index in [1.165, 1.54) is 16.2 Å². The van der Waals surface area contributed by atoms with Gasteiger partial charge in [-0.05, 0) is 45.1 Å². The number of thiophene rings is 1. The van der Waals surface area contributed by atoms with Crippen LogP contribution >= 0.6 is 11.3 Å². The van der Waals surface area contributed by atoms with Crippen LogP contribution < -0.4 is 5.32 Å². The fourth-order valence-electron chi connectivity index (χ4n) is 1.70. The van der Waals surface area contributed by atoms with Crippen molar-refractivity contribution in [1.29, 1.82) is 0 Å². The van der Waals surface area contributed by atoms with Gasteiger partial charge in [-0.2, -0.15) is 0 Å². The maximum Gasteiger partial charge on any atom is 0.0324 e. The van der Waals surface area contributed by atoms with Crippen LogP contribution in [-0.4, -0.2) is 25.0 Å². The molecule has 0 aromatic carbocycles. The van der Waals surface area contributed by atoms with Gasteiger partial charge in [0.15, 0.2) is 0 Å². The van der Waals surface area contributed by atoms with E-state index in [1.54, 1.807) is 0 Å². The van der Waals surface area contributed by atoms with E-state index in [4.69, 9.17) is 0 Å². The first-order valence-corrected chi connectivity index (χ1v) is 7.15. The fourth-order valence-corrected chi connectivity index (χ4v) is 2.77. The second-order valence-corrected chi connectivity index (χ2v) is 5.57. The molecule has 0 atom stereocenters. The second-order valence-electron chi connectivity index (χ2n) is 4.32. The molecule has 1 aromatic heterocycles. The summed E-state index contributed by atoms with van der Waals surface area (Å²) in [6.45, 7) is 10.1. The average Bonchev–Trinajstić information content (AvgIpc) is 2.74. The molecule has 2 nitrogen and oxygen atoms in total. The van der Waals surface area contributed by atoms with Crippen molar-refractivity contribution >= 4 is 11.3 Å². The number of hydrogen-bond donors (Lipinski definition) is 1. The zero-order chi connectivity index (χ0) is 12.5. The Hall–Kier alpha value is -0.640. The topological polar surface area (TPSA) is 15.3 Å². The molecule has 3 heteroatoms. The van der Waals surface area contributed by atoms with Gasteiger partial charge in [0, 0.05) is 22.8 Å². The lowest BCUT2D eigenvalue weighted by Gasteiger charge is -2.14. The van der Waals surface area contributed by atoms with Crippen LogP contribution in [0.1, 0.15) is 29.5 Å². The summed E-state index contributed by atoms with van der Waals surface area (Å²) in [5, 5.41) is 3.36. The van der Waals surface area contributed by atoms with Crippen molar-refractivity contribution in [1.82, 2.24) is 10.2 Å². The molecule has 0 aliphatic carbocycles. The van der Waals surface area contributed by atoms with E-state index < -0.39 is 0 Å². The molecular weight excluding hydrogens is 228 g/mol. The van der Waals surface area contributed by atoms with Crippen LogP contribution in [0.4, 0.5) is 0 Å². The molecule has 0 aliphatic heterocycles. The number of allylic oxidation sites excluding steroid dienone is 1. The zero-order valence-electron chi connectivity index (χ0n) is 11.0. The van der Waals surface area contributed by atoms with Crippen molar-refractivity contribution in [2.45, 2.75) is 32.9 Å². The van der Waals surface area contributed by atoms with E-state index in [0.29, 0.717) is 0 Å². The molecule has 0 spiro atoms. The molecule has 1 rings (SSSR count). The Kier molecular flexibility index (Phi) is 7.17. The van der Waals surface area contributed by atoms with Crippen molar-refractivity contribution in [3.63, 3.8) is 0 Å². The Labute approximate surface area is 109 Å². The monoisotopic (exact) mass is 252 g/mol. The van der Waals surface area contributed by atoms with Crippen LogP contribution in [0.15, 0.2) is 24.8 Å². The molecule has 0 amide bonds. The van der Waals surface area contributed by atoms with E-state index in [1.807, 2.05) is 17.4 Å². The molecule has 0 unspecified atom stereocenters. The molecule has 1 aromatic rings. The lowest BCUT2D eigenvalue weighted by atomic mass is 10.3. The highest BCUT2D eigenvalue weighted by molar-refractivity contribution is 7.11. The Morgan fingerprint density at radius 2 is 2.18 bits per heavy atom. The quantitative estimate of drug-likeness (QED) is 0.536. The lowest BCUT2D eigenvalue weighted by molar-refractivity contribution is 0.326. The summed E-state index contributed by atoms with van der Waals surface area (Å²) in [5.41, 5.74) is 0. The van der Waals surface area contributed by atoms with Crippen molar-refractivity contribution in [2.24, 2.45) is 0 Å². The predicted molar refractivity (Wildman–Crippen MR) is 77.5 cm³/mol. The van der Waals surface area contributed by atoms with Gasteiger partial charge in [0.25, 0.3) is 0 Å². The van der Waals surface area contributed by atoms with Gasteiger partial charge >= 0.3 is 0 Å². The summed E-state index contributed by atoms with van der Waals surface area (Å²) in [5.74, 6) is 0. The van der Waals surface area contributed by atoms with Gasteiger partial charge in [-0.1, -0.05) is 13.0 Å². The Bertz CT molecular complexity index is 320. The van der Waals surface area contributed by atoms with Crippen LogP contribution in [0.25, 0.3) is 0 Å². The van der Waals surface area contributed by atoms with Gasteiger partial charge in [-0.25, -0.2) is 0 Å². The second kappa shape index (κ2) is 8.45. The molecule has 0 aliphatic rings. The Morgan fingerprint density at radius 1 is 1.41 bits per heavy atom. The molecule has 96 valence electrons. The van der Waals surface area contributed by atoms with Gasteiger partial charge in [0.05, 0.1) is 0 Å².